The summed E-state index contributed by atoms with van der Waals surface area (Å²) in [5, 5.41) is 20.6. The number of nitrogens with one attached hydrogen (secondary N) is 1. The molecule has 1 saturated heterocycles. The van der Waals surface area contributed by atoms with Gasteiger partial charge in [0.05, 0.1) is 11.5 Å². The van der Waals surface area contributed by atoms with E-state index in [1.165, 1.54) is 6.21 Å². The Balaban J connectivity index is 1.68. The first-order chi connectivity index (χ1) is 13.5. The largest absolute Gasteiger partial charge is 0.550 e. The van der Waals surface area contributed by atoms with E-state index >= 15 is 0 Å². The SMILES string of the molecule is O=C([O-])C[C@@H]1S/C(=N\N=C/c2cc(Br)ccc2OCc2ccccc2)NC1=O. The molecular weight excluding hydrogens is 446 g/mol. The molecule has 9 heteroatoms. The van der Waals surface area contributed by atoms with Crippen molar-refractivity contribution in [3.05, 3.63) is 64.1 Å². The van der Waals surface area contributed by atoms with Gasteiger partial charge >= 0.3 is 0 Å². The zero-order valence-corrected chi connectivity index (χ0v) is 16.9. The molecule has 1 aliphatic heterocycles. The molecule has 1 amide bonds. The van der Waals surface area contributed by atoms with E-state index in [2.05, 4.69) is 31.4 Å². The first kappa shape index (κ1) is 20.1. The lowest BCUT2D eigenvalue weighted by Gasteiger charge is -2.09. The van der Waals surface area contributed by atoms with Crippen molar-refractivity contribution in [1.29, 1.82) is 0 Å². The number of carboxylic acid groups (broad SMARTS) is 1. The third kappa shape index (κ3) is 5.67. The average molecular weight is 461 g/mol. The summed E-state index contributed by atoms with van der Waals surface area (Å²) < 4.78 is 6.72. The summed E-state index contributed by atoms with van der Waals surface area (Å²) in [7, 11) is 0. The number of hydrogen-bond donors (Lipinski definition) is 1. The number of aliphatic carboxylic acids is 1. The molecule has 1 heterocycles. The molecule has 0 radical (unpaired) electrons. The number of rotatable bonds is 7. The molecule has 1 aliphatic rings. The number of thioether (sulfide) groups is 1. The van der Waals surface area contributed by atoms with E-state index in [1.807, 2.05) is 48.5 Å². The van der Waals surface area contributed by atoms with E-state index < -0.39 is 17.1 Å². The number of benzene rings is 2. The van der Waals surface area contributed by atoms with Crippen molar-refractivity contribution in [3.63, 3.8) is 0 Å². The van der Waals surface area contributed by atoms with Crippen LogP contribution in [0.1, 0.15) is 17.5 Å². The van der Waals surface area contributed by atoms with Gasteiger partial charge in [-0.25, -0.2) is 0 Å². The molecule has 0 aromatic heterocycles. The van der Waals surface area contributed by atoms with Crippen molar-refractivity contribution >= 4 is 51.0 Å². The Kier molecular flexibility index (Phi) is 6.83. The topological polar surface area (TPSA) is 103 Å². The molecule has 7 nitrogen and oxygen atoms in total. The Morgan fingerprint density at radius 2 is 2.07 bits per heavy atom. The van der Waals surface area contributed by atoms with Crippen molar-refractivity contribution in [3.8, 4) is 5.75 Å². The summed E-state index contributed by atoms with van der Waals surface area (Å²) in [6.07, 6.45) is 1.14. The van der Waals surface area contributed by atoms with Crippen molar-refractivity contribution in [1.82, 2.24) is 5.32 Å². The minimum atomic E-state index is -1.29. The Morgan fingerprint density at radius 3 is 2.82 bits per heavy atom. The quantitative estimate of drug-likeness (QED) is 0.503. The number of ether oxygens (including phenoxy) is 1. The second-order valence-electron chi connectivity index (χ2n) is 5.78. The number of nitrogens with zero attached hydrogens (tertiary/aromatic N) is 2. The van der Waals surface area contributed by atoms with E-state index in [1.54, 1.807) is 0 Å². The smallest absolute Gasteiger partial charge is 0.239 e. The molecule has 144 valence electrons. The van der Waals surface area contributed by atoms with Crippen molar-refractivity contribution in [2.24, 2.45) is 10.2 Å². The van der Waals surface area contributed by atoms with Crippen LogP contribution in [0.4, 0.5) is 0 Å². The Labute approximate surface area is 174 Å². The molecule has 0 saturated carbocycles. The maximum Gasteiger partial charge on any atom is 0.239 e. The third-order valence-electron chi connectivity index (χ3n) is 3.68. The van der Waals surface area contributed by atoms with E-state index in [9.17, 15) is 14.7 Å². The van der Waals surface area contributed by atoms with Gasteiger partial charge in [0.15, 0.2) is 5.17 Å². The second kappa shape index (κ2) is 9.52. The summed E-state index contributed by atoms with van der Waals surface area (Å²) >= 11 is 4.42. The molecule has 3 rings (SSSR count). The number of carbonyl (C=O) groups excluding carboxylic acids is 2. The highest BCUT2D eigenvalue weighted by molar-refractivity contribution is 9.10. The number of carboxylic acids is 1. The van der Waals surface area contributed by atoms with Gasteiger partial charge in [-0.2, -0.15) is 5.10 Å². The van der Waals surface area contributed by atoms with Crippen molar-refractivity contribution in [2.45, 2.75) is 18.3 Å². The molecule has 0 spiro atoms. The minimum Gasteiger partial charge on any atom is -0.550 e. The number of carbonyl (C=O) groups is 2. The molecule has 28 heavy (non-hydrogen) atoms. The standard InChI is InChI=1S/C19H16BrN3O4S/c20-14-6-7-15(27-11-12-4-2-1-3-5-12)13(8-14)10-21-23-19-22-18(26)16(28-19)9-17(24)25/h1-8,10,16H,9,11H2,(H,24,25)(H,22,23,26)/p-1/b21-10-/t16-/m0/s1. The summed E-state index contributed by atoms with van der Waals surface area (Å²) in [5.41, 5.74) is 1.74. The van der Waals surface area contributed by atoms with Crippen LogP contribution in [0, 0.1) is 0 Å². The molecule has 1 atom stereocenters. The van der Waals surface area contributed by atoms with Crippen molar-refractivity contribution in [2.75, 3.05) is 0 Å². The monoisotopic (exact) mass is 460 g/mol. The van der Waals surface area contributed by atoms with Gasteiger partial charge in [0, 0.05) is 22.4 Å². The van der Waals surface area contributed by atoms with Gasteiger partial charge in [0.25, 0.3) is 0 Å². The maximum atomic E-state index is 11.7. The fourth-order valence-electron chi connectivity index (χ4n) is 2.37. The summed E-state index contributed by atoms with van der Waals surface area (Å²) in [5.74, 6) is -1.07. The summed E-state index contributed by atoms with van der Waals surface area (Å²) in [4.78, 5) is 22.3. The maximum absolute atomic E-state index is 11.7. The number of halogens is 1. The molecule has 1 N–H and O–H groups in total. The highest BCUT2D eigenvalue weighted by atomic mass is 79.9. The lowest BCUT2D eigenvalue weighted by atomic mass is 10.2. The van der Waals surface area contributed by atoms with Crippen LogP contribution in [-0.2, 0) is 16.2 Å². The van der Waals surface area contributed by atoms with Gasteiger partial charge in [-0.05, 0) is 23.8 Å². The Hall–Kier alpha value is -2.65. The van der Waals surface area contributed by atoms with Gasteiger partial charge in [-0.1, -0.05) is 58.0 Å². The minimum absolute atomic E-state index is 0.245. The first-order valence-corrected chi connectivity index (χ1v) is 9.93. The number of amides is 1. The van der Waals surface area contributed by atoms with Crippen LogP contribution < -0.4 is 15.2 Å². The third-order valence-corrected chi connectivity index (χ3v) is 5.25. The van der Waals surface area contributed by atoms with Gasteiger partial charge in [-0.3, -0.25) is 4.79 Å². The second-order valence-corrected chi connectivity index (χ2v) is 7.89. The summed E-state index contributed by atoms with van der Waals surface area (Å²) in [6.45, 7) is 0.411. The Morgan fingerprint density at radius 1 is 1.29 bits per heavy atom. The van der Waals surface area contributed by atoms with Crippen LogP contribution in [0.3, 0.4) is 0 Å². The van der Waals surface area contributed by atoms with Crippen LogP contribution in [0.15, 0.2) is 63.2 Å². The van der Waals surface area contributed by atoms with Gasteiger partial charge in [0.1, 0.15) is 12.4 Å². The van der Waals surface area contributed by atoms with E-state index in [0.29, 0.717) is 17.9 Å². The Bertz CT molecular complexity index is 934. The lowest BCUT2D eigenvalue weighted by Crippen LogP contribution is -2.31. The highest BCUT2D eigenvalue weighted by Crippen LogP contribution is 2.24. The zero-order chi connectivity index (χ0) is 19.9. The molecule has 1 fully saturated rings. The van der Waals surface area contributed by atoms with Crippen LogP contribution >= 0.6 is 27.7 Å². The van der Waals surface area contributed by atoms with Crippen LogP contribution in [0.2, 0.25) is 0 Å². The van der Waals surface area contributed by atoms with Crippen molar-refractivity contribution < 1.29 is 19.4 Å². The molecular formula is C19H15BrN3O4S-. The first-order valence-electron chi connectivity index (χ1n) is 8.26. The van der Waals surface area contributed by atoms with E-state index in [0.717, 1.165) is 21.8 Å². The average Bonchev–Trinajstić information content (AvgIpc) is 3.00. The van der Waals surface area contributed by atoms with E-state index in [4.69, 9.17) is 4.74 Å². The van der Waals surface area contributed by atoms with Crippen LogP contribution in [0.5, 0.6) is 5.75 Å². The van der Waals surface area contributed by atoms with Gasteiger partial charge in [0.2, 0.25) is 5.91 Å². The number of hydrogen-bond acceptors (Lipinski definition) is 7. The predicted molar refractivity (Wildman–Crippen MR) is 109 cm³/mol. The molecule has 2 aromatic carbocycles. The van der Waals surface area contributed by atoms with E-state index in [-0.39, 0.29) is 11.6 Å². The van der Waals surface area contributed by atoms with Crippen LogP contribution in [0.25, 0.3) is 0 Å². The zero-order valence-electron chi connectivity index (χ0n) is 14.5. The molecule has 0 unspecified atom stereocenters. The van der Waals surface area contributed by atoms with Gasteiger partial charge < -0.3 is 20.0 Å². The lowest BCUT2D eigenvalue weighted by molar-refractivity contribution is -0.305. The fourth-order valence-corrected chi connectivity index (χ4v) is 3.66. The predicted octanol–water partition coefficient (Wildman–Crippen LogP) is 2.09. The number of amidine groups is 1. The highest BCUT2D eigenvalue weighted by Gasteiger charge is 2.30. The summed E-state index contributed by atoms with van der Waals surface area (Å²) in [6, 6.07) is 15.3. The molecule has 2 aromatic rings. The molecule has 0 bridgehead atoms. The van der Waals surface area contributed by atoms with Gasteiger partial charge in [-0.15, -0.1) is 5.10 Å². The fraction of sp³-hybridized carbons (Fsp3) is 0.158. The molecule has 0 aliphatic carbocycles. The van der Waals surface area contributed by atoms with Crippen LogP contribution in [-0.4, -0.2) is 28.5 Å². The normalized spacial score (nSPS) is 17.8.